The predicted octanol–water partition coefficient (Wildman–Crippen LogP) is 5.41. The summed E-state index contributed by atoms with van der Waals surface area (Å²) in [6.45, 7) is 3.17. The fourth-order valence-electron chi connectivity index (χ4n) is 4.22. The molecule has 0 radical (unpaired) electrons. The van der Waals surface area contributed by atoms with Gasteiger partial charge in [-0.25, -0.2) is 0 Å². The van der Waals surface area contributed by atoms with Crippen LogP contribution in [0.15, 0.2) is 60.9 Å². The Hall–Kier alpha value is -3.22. The van der Waals surface area contributed by atoms with E-state index in [1.54, 1.807) is 30.6 Å². The second-order valence-corrected chi connectivity index (χ2v) is 8.22. The van der Waals surface area contributed by atoms with Crippen LogP contribution >= 0.6 is 0 Å². The van der Waals surface area contributed by atoms with E-state index in [2.05, 4.69) is 4.98 Å². The van der Waals surface area contributed by atoms with Gasteiger partial charge in [-0.1, -0.05) is 18.2 Å². The van der Waals surface area contributed by atoms with Crippen molar-refractivity contribution in [1.82, 2.24) is 14.9 Å². The first-order valence-electron chi connectivity index (χ1n) is 10.6. The summed E-state index contributed by atoms with van der Waals surface area (Å²) in [5, 5.41) is 0. The zero-order chi connectivity index (χ0) is 22.7. The number of carbonyl (C=O) groups excluding carboxylic acids is 1. The molecule has 1 amide bonds. The number of amides is 1. The molecular formula is C25H24F3N3O. The Balaban J connectivity index is 1.45. The molecule has 1 aliphatic rings. The Labute approximate surface area is 185 Å². The van der Waals surface area contributed by atoms with E-state index in [-0.39, 0.29) is 11.8 Å². The van der Waals surface area contributed by atoms with Crippen molar-refractivity contribution in [2.45, 2.75) is 38.3 Å². The molecule has 0 saturated carbocycles. The second kappa shape index (κ2) is 9.10. The molecule has 3 heterocycles. The number of alkyl halides is 3. The number of halogens is 3. The molecule has 3 aromatic rings. The molecule has 0 N–H and O–H groups in total. The van der Waals surface area contributed by atoms with Gasteiger partial charge in [0.2, 0.25) is 0 Å². The van der Waals surface area contributed by atoms with Crippen LogP contribution in [0.2, 0.25) is 0 Å². The molecule has 32 heavy (non-hydrogen) atoms. The summed E-state index contributed by atoms with van der Waals surface area (Å²) < 4.78 is 39.1. The maximum absolute atomic E-state index is 13.0. The van der Waals surface area contributed by atoms with Gasteiger partial charge in [-0.3, -0.25) is 14.8 Å². The van der Waals surface area contributed by atoms with Crippen LogP contribution < -0.4 is 0 Å². The van der Waals surface area contributed by atoms with Gasteiger partial charge in [0.25, 0.3) is 5.91 Å². The molecule has 166 valence electrons. The van der Waals surface area contributed by atoms with Crippen LogP contribution in [0.25, 0.3) is 0 Å². The highest BCUT2D eigenvalue weighted by Crippen LogP contribution is 2.31. The van der Waals surface area contributed by atoms with Crippen molar-refractivity contribution in [3.05, 3.63) is 94.6 Å². The van der Waals surface area contributed by atoms with Gasteiger partial charge in [-0.15, -0.1) is 0 Å². The maximum Gasteiger partial charge on any atom is 0.416 e. The first-order valence-corrected chi connectivity index (χ1v) is 10.6. The number of hydrogen-bond acceptors (Lipinski definition) is 3. The third-order valence-corrected chi connectivity index (χ3v) is 5.80. The van der Waals surface area contributed by atoms with Crippen molar-refractivity contribution in [2.75, 3.05) is 13.1 Å². The standard InChI is InChI=1S/C25H24F3N3O/c1-17-12-19(13-18-4-2-6-22(14-18)25(26,27)28)15-23(30-17)20-7-10-31(11-8-20)24(32)21-5-3-9-29-16-21/h2-6,9,12,14-16,20H,7-8,10-11,13H2,1H3. The molecular weight excluding hydrogens is 415 g/mol. The van der Waals surface area contributed by atoms with Gasteiger partial charge >= 0.3 is 6.18 Å². The third-order valence-electron chi connectivity index (χ3n) is 5.80. The molecule has 4 rings (SSSR count). The summed E-state index contributed by atoms with van der Waals surface area (Å²) in [6, 6.07) is 12.9. The molecule has 1 fully saturated rings. The van der Waals surface area contributed by atoms with Gasteiger partial charge in [0.15, 0.2) is 0 Å². The Morgan fingerprint density at radius 2 is 1.84 bits per heavy atom. The number of likely N-dealkylation sites (tertiary alicyclic amines) is 1. The van der Waals surface area contributed by atoms with Gasteiger partial charge in [-0.05, 0) is 67.6 Å². The molecule has 4 nitrogen and oxygen atoms in total. The first-order chi connectivity index (χ1) is 15.3. The van der Waals surface area contributed by atoms with E-state index in [4.69, 9.17) is 4.98 Å². The predicted molar refractivity (Wildman–Crippen MR) is 115 cm³/mol. The van der Waals surface area contributed by atoms with Crippen LogP contribution in [0.1, 0.15) is 57.2 Å². The minimum Gasteiger partial charge on any atom is -0.339 e. The number of hydrogen-bond donors (Lipinski definition) is 0. The fraction of sp³-hybridized carbons (Fsp3) is 0.320. The minimum absolute atomic E-state index is 0.0148. The van der Waals surface area contributed by atoms with E-state index < -0.39 is 11.7 Å². The zero-order valence-electron chi connectivity index (χ0n) is 17.8. The van der Waals surface area contributed by atoms with Crippen molar-refractivity contribution >= 4 is 5.91 Å². The first kappa shape index (κ1) is 22.0. The van der Waals surface area contributed by atoms with Crippen molar-refractivity contribution < 1.29 is 18.0 Å². The molecule has 1 saturated heterocycles. The quantitative estimate of drug-likeness (QED) is 0.546. The number of rotatable bonds is 4. The smallest absolute Gasteiger partial charge is 0.339 e. The molecule has 1 aromatic carbocycles. The van der Waals surface area contributed by atoms with E-state index >= 15 is 0 Å². The highest BCUT2D eigenvalue weighted by molar-refractivity contribution is 5.93. The lowest BCUT2D eigenvalue weighted by molar-refractivity contribution is -0.137. The van der Waals surface area contributed by atoms with Crippen LogP contribution in [0, 0.1) is 6.92 Å². The van der Waals surface area contributed by atoms with E-state index in [0.717, 1.165) is 35.9 Å². The van der Waals surface area contributed by atoms with Crippen LogP contribution in [0.5, 0.6) is 0 Å². The molecule has 2 aromatic heterocycles. The third kappa shape index (κ3) is 5.15. The summed E-state index contributed by atoms with van der Waals surface area (Å²) in [5.41, 5.74) is 3.31. The number of aryl methyl sites for hydroxylation is 1. The number of carbonyl (C=O) groups is 1. The number of benzene rings is 1. The van der Waals surface area contributed by atoms with Gasteiger partial charge < -0.3 is 4.90 Å². The average molecular weight is 439 g/mol. The lowest BCUT2D eigenvalue weighted by atomic mass is 9.91. The summed E-state index contributed by atoms with van der Waals surface area (Å²) in [4.78, 5) is 23.2. The van der Waals surface area contributed by atoms with Gasteiger partial charge in [0.05, 0.1) is 11.1 Å². The maximum atomic E-state index is 13.0. The molecule has 0 spiro atoms. The van der Waals surface area contributed by atoms with E-state index in [0.29, 0.717) is 30.6 Å². The van der Waals surface area contributed by atoms with Crippen LogP contribution in [-0.2, 0) is 12.6 Å². The zero-order valence-corrected chi connectivity index (χ0v) is 17.8. The fourth-order valence-corrected chi connectivity index (χ4v) is 4.22. The molecule has 0 bridgehead atoms. The number of aromatic nitrogens is 2. The highest BCUT2D eigenvalue weighted by atomic mass is 19.4. The number of pyridine rings is 2. The average Bonchev–Trinajstić information content (AvgIpc) is 2.78. The lowest BCUT2D eigenvalue weighted by Gasteiger charge is -2.32. The topological polar surface area (TPSA) is 46.1 Å². The summed E-state index contributed by atoms with van der Waals surface area (Å²) >= 11 is 0. The second-order valence-electron chi connectivity index (χ2n) is 8.22. The van der Waals surface area contributed by atoms with Gasteiger partial charge in [-0.2, -0.15) is 13.2 Å². The molecule has 1 aliphatic heterocycles. The Bertz CT molecular complexity index is 1090. The minimum atomic E-state index is -4.35. The Morgan fingerprint density at radius 3 is 2.53 bits per heavy atom. The van der Waals surface area contributed by atoms with Crippen molar-refractivity contribution in [1.29, 1.82) is 0 Å². The van der Waals surface area contributed by atoms with Crippen LogP contribution in [0.3, 0.4) is 0 Å². The molecule has 0 unspecified atom stereocenters. The summed E-state index contributed by atoms with van der Waals surface area (Å²) in [6.07, 6.45) is 0.881. The largest absolute Gasteiger partial charge is 0.416 e. The Kier molecular flexibility index (Phi) is 6.26. The monoisotopic (exact) mass is 439 g/mol. The number of nitrogens with zero attached hydrogens (tertiary/aromatic N) is 3. The van der Waals surface area contributed by atoms with E-state index in [1.165, 1.54) is 12.1 Å². The molecule has 0 atom stereocenters. The number of piperidine rings is 1. The van der Waals surface area contributed by atoms with Gasteiger partial charge in [0, 0.05) is 42.8 Å². The van der Waals surface area contributed by atoms with E-state index in [1.807, 2.05) is 24.0 Å². The van der Waals surface area contributed by atoms with Crippen molar-refractivity contribution in [3.63, 3.8) is 0 Å². The normalized spacial score (nSPS) is 15.1. The van der Waals surface area contributed by atoms with Gasteiger partial charge in [0.1, 0.15) is 0 Å². The summed E-state index contributed by atoms with van der Waals surface area (Å²) in [5.74, 6) is 0.201. The summed E-state index contributed by atoms with van der Waals surface area (Å²) in [7, 11) is 0. The highest BCUT2D eigenvalue weighted by Gasteiger charge is 2.30. The lowest BCUT2D eigenvalue weighted by Crippen LogP contribution is -2.38. The van der Waals surface area contributed by atoms with E-state index in [9.17, 15) is 18.0 Å². The van der Waals surface area contributed by atoms with Crippen LogP contribution in [-0.4, -0.2) is 33.9 Å². The SMILES string of the molecule is Cc1cc(Cc2cccc(C(F)(F)F)c2)cc(C2CCN(C(=O)c3cccnc3)CC2)n1. The molecule has 0 aliphatic carbocycles. The van der Waals surface area contributed by atoms with Crippen molar-refractivity contribution in [3.8, 4) is 0 Å². The Morgan fingerprint density at radius 1 is 1.06 bits per heavy atom. The van der Waals surface area contributed by atoms with Crippen molar-refractivity contribution in [2.24, 2.45) is 0 Å². The van der Waals surface area contributed by atoms with Crippen LogP contribution in [0.4, 0.5) is 13.2 Å². The molecule has 7 heteroatoms.